The molecule has 1 aliphatic carbocycles. The lowest BCUT2D eigenvalue weighted by Gasteiger charge is -2.28. The molecule has 2 atom stereocenters. The second-order valence-electron chi connectivity index (χ2n) is 4.72. The number of hydrogen-bond acceptors (Lipinski definition) is 2. The minimum absolute atomic E-state index is 0.0923. The molecule has 0 aliphatic heterocycles. The number of nitrogens with two attached hydrogens (primary N) is 1. The third-order valence-corrected chi connectivity index (χ3v) is 2.69. The Kier molecular flexibility index (Phi) is 4.88. The van der Waals surface area contributed by atoms with E-state index < -0.39 is 0 Å². The summed E-state index contributed by atoms with van der Waals surface area (Å²) in [5.74, 6) is 0.983. The van der Waals surface area contributed by atoms with Crippen molar-refractivity contribution in [3.05, 3.63) is 0 Å². The van der Waals surface area contributed by atoms with Gasteiger partial charge in [0.15, 0.2) is 5.96 Å². The van der Waals surface area contributed by atoms with E-state index >= 15 is 0 Å². The van der Waals surface area contributed by atoms with Gasteiger partial charge in [0.2, 0.25) is 0 Å². The van der Waals surface area contributed by atoms with Gasteiger partial charge in [-0.25, -0.2) is 0 Å². The third-order valence-electron chi connectivity index (χ3n) is 2.69. The van der Waals surface area contributed by atoms with E-state index in [1.165, 1.54) is 0 Å². The van der Waals surface area contributed by atoms with Crippen molar-refractivity contribution in [3.63, 3.8) is 0 Å². The summed E-state index contributed by atoms with van der Waals surface area (Å²) in [6, 6.07) is 0.0923. The molecule has 1 rings (SSSR count). The van der Waals surface area contributed by atoms with Crippen LogP contribution in [0.1, 0.15) is 39.5 Å². The second kappa shape index (κ2) is 5.95. The van der Waals surface area contributed by atoms with Crippen LogP contribution in [0.5, 0.6) is 0 Å². The molecule has 15 heavy (non-hydrogen) atoms. The first-order chi connectivity index (χ1) is 7.09. The maximum Gasteiger partial charge on any atom is 0.188 e. The molecule has 1 fully saturated rings. The summed E-state index contributed by atoms with van der Waals surface area (Å²) >= 11 is 0. The second-order valence-corrected chi connectivity index (χ2v) is 4.72. The van der Waals surface area contributed by atoms with E-state index in [1.807, 2.05) is 0 Å². The van der Waals surface area contributed by atoms with E-state index in [0.717, 1.165) is 32.2 Å². The third kappa shape index (κ3) is 4.51. The van der Waals surface area contributed by atoms with Gasteiger partial charge in [-0.05, 0) is 18.8 Å². The molecule has 4 N–H and O–H groups in total. The van der Waals surface area contributed by atoms with Gasteiger partial charge in [0.1, 0.15) is 0 Å². The fraction of sp³-hybridized carbons (Fsp3) is 0.909. The van der Waals surface area contributed by atoms with Crippen LogP contribution in [0.4, 0.5) is 0 Å². The molecule has 4 heteroatoms. The SMILES string of the molecule is CC(C)CN=C(N)NC1CCCCC1O. The fourth-order valence-corrected chi connectivity index (χ4v) is 1.80. The highest BCUT2D eigenvalue weighted by atomic mass is 16.3. The number of nitrogens with one attached hydrogen (secondary N) is 1. The zero-order chi connectivity index (χ0) is 11.3. The van der Waals surface area contributed by atoms with E-state index in [4.69, 9.17) is 5.73 Å². The topological polar surface area (TPSA) is 70.6 Å². The lowest BCUT2D eigenvalue weighted by molar-refractivity contribution is 0.0996. The van der Waals surface area contributed by atoms with Gasteiger partial charge >= 0.3 is 0 Å². The van der Waals surface area contributed by atoms with Crippen LogP contribution < -0.4 is 11.1 Å². The van der Waals surface area contributed by atoms with Crippen LogP contribution in [0, 0.1) is 5.92 Å². The summed E-state index contributed by atoms with van der Waals surface area (Å²) in [7, 11) is 0. The van der Waals surface area contributed by atoms with Crippen molar-refractivity contribution in [2.75, 3.05) is 6.54 Å². The number of aliphatic imine (C=N–C) groups is 1. The molecule has 0 saturated heterocycles. The summed E-state index contributed by atoms with van der Waals surface area (Å²) in [6.07, 6.45) is 3.86. The molecule has 0 amide bonds. The van der Waals surface area contributed by atoms with Gasteiger partial charge in [0.25, 0.3) is 0 Å². The summed E-state index contributed by atoms with van der Waals surface area (Å²) in [6.45, 7) is 4.94. The summed E-state index contributed by atoms with van der Waals surface area (Å²) < 4.78 is 0. The minimum Gasteiger partial charge on any atom is -0.391 e. The predicted molar refractivity (Wildman–Crippen MR) is 62.7 cm³/mol. The van der Waals surface area contributed by atoms with Crippen molar-refractivity contribution in [1.29, 1.82) is 0 Å². The Morgan fingerprint density at radius 3 is 2.73 bits per heavy atom. The van der Waals surface area contributed by atoms with Crippen LogP contribution in [-0.2, 0) is 0 Å². The van der Waals surface area contributed by atoms with Crippen molar-refractivity contribution < 1.29 is 5.11 Å². The molecule has 2 unspecified atom stereocenters. The standard InChI is InChI=1S/C11H23N3O/c1-8(2)7-13-11(12)14-9-5-3-4-6-10(9)15/h8-10,15H,3-7H2,1-2H3,(H3,12,13,14). The maximum atomic E-state index is 9.72. The number of hydrogen-bond donors (Lipinski definition) is 3. The average molecular weight is 213 g/mol. The molecular weight excluding hydrogens is 190 g/mol. The predicted octanol–water partition coefficient (Wildman–Crippen LogP) is 0.850. The van der Waals surface area contributed by atoms with Gasteiger partial charge < -0.3 is 16.2 Å². The molecule has 0 bridgehead atoms. The molecule has 0 spiro atoms. The van der Waals surface area contributed by atoms with E-state index in [0.29, 0.717) is 11.9 Å². The number of rotatable bonds is 3. The molecular formula is C11H23N3O. The molecule has 0 radical (unpaired) electrons. The van der Waals surface area contributed by atoms with Gasteiger partial charge in [-0.15, -0.1) is 0 Å². The molecule has 0 aromatic carbocycles. The maximum absolute atomic E-state index is 9.72. The lowest BCUT2D eigenvalue weighted by atomic mass is 9.93. The molecule has 1 saturated carbocycles. The number of aliphatic hydroxyl groups is 1. The van der Waals surface area contributed by atoms with E-state index in [9.17, 15) is 5.11 Å². The highest BCUT2D eigenvalue weighted by Gasteiger charge is 2.22. The minimum atomic E-state index is -0.272. The Balaban J connectivity index is 2.35. The van der Waals surface area contributed by atoms with Crippen LogP contribution in [0.25, 0.3) is 0 Å². The lowest BCUT2D eigenvalue weighted by Crippen LogP contribution is -2.48. The average Bonchev–Trinajstić information content (AvgIpc) is 2.18. The quantitative estimate of drug-likeness (QED) is 0.481. The number of nitrogens with zero attached hydrogens (tertiary/aromatic N) is 1. The van der Waals surface area contributed by atoms with Crippen LogP contribution in [0.15, 0.2) is 4.99 Å². The van der Waals surface area contributed by atoms with Gasteiger partial charge in [-0.2, -0.15) is 0 Å². The van der Waals surface area contributed by atoms with Crippen LogP contribution >= 0.6 is 0 Å². The Bertz CT molecular complexity index is 216. The normalized spacial score (nSPS) is 28.1. The highest BCUT2D eigenvalue weighted by Crippen LogP contribution is 2.17. The largest absolute Gasteiger partial charge is 0.391 e. The van der Waals surface area contributed by atoms with Crippen LogP contribution in [0.2, 0.25) is 0 Å². The van der Waals surface area contributed by atoms with Crippen molar-refractivity contribution in [3.8, 4) is 0 Å². The molecule has 0 aromatic heterocycles. The van der Waals surface area contributed by atoms with Gasteiger partial charge in [-0.3, -0.25) is 4.99 Å². The zero-order valence-corrected chi connectivity index (χ0v) is 9.74. The molecule has 0 aromatic rings. The monoisotopic (exact) mass is 213 g/mol. The van der Waals surface area contributed by atoms with Crippen molar-refractivity contribution >= 4 is 5.96 Å². The van der Waals surface area contributed by atoms with E-state index in [2.05, 4.69) is 24.2 Å². The molecule has 1 aliphatic rings. The van der Waals surface area contributed by atoms with Gasteiger partial charge in [0.05, 0.1) is 12.1 Å². The van der Waals surface area contributed by atoms with E-state index in [-0.39, 0.29) is 12.1 Å². The highest BCUT2D eigenvalue weighted by molar-refractivity contribution is 5.78. The summed E-state index contributed by atoms with van der Waals surface area (Å²) in [4.78, 5) is 4.22. The zero-order valence-electron chi connectivity index (χ0n) is 9.74. The van der Waals surface area contributed by atoms with E-state index in [1.54, 1.807) is 0 Å². The van der Waals surface area contributed by atoms with Crippen molar-refractivity contribution in [2.24, 2.45) is 16.6 Å². The first-order valence-corrected chi connectivity index (χ1v) is 5.84. The first kappa shape index (κ1) is 12.3. The van der Waals surface area contributed by atoms with Crippen molar-refractivity contribution in [2.45, 2.75) is 51.7 Å². The Morgan fingerprint density at radius 1 is 1.47 bits per heavy atom. The smallest absolute Gasteiger partial charge is 0.188 e. The number of guanidine groups is 1. The Morgan fingerprint density at radius 2 is 2.13 bits per heavy atom. The molecule has 0 heterocycles. The Labute approximate surface area is 92.0 Å². The van der Waals surface area contributed by atoms with Crippen LogP contribution in [0.3, 0.4) is 0 Å². The van der Waals surface area contributed by atoms with Crippen LogP contribution in [-0.4, -0.2) is 29.8 Å². The molecule has 88 valence electrons. The summed E-state index contributed by atoms with van der Waals surface area (Å²) in [5.41, 5.74) is 5.74. The van der Waals surface area contributed by atoms with Gasteiger partial charge in [0, 0.05) is 6.54 Å². The van der Waals surface area contributed by atoms with Gasteiger partial charge in [-0.1, -0.05) is 26.7 Å². The fourth-order valence-electron chi connectivity index (χ4n) is 1.80. The molecule has 4 nitrogen and oxygen atoms in total. The first-order valence-electron chi connectivity index (χ1n) is 5.84. The Hall–Kier alpha value is -0.770. The van der Waals surface area contributed by atoms with Crippen molar-refractivity contribution in [1.82, 2.24) is 5.32 Å². The summed E-state index contributed by atoms with van der Waals surface area (Å²) in [5, 5.41) is 12.8. The number of aliphatic hydroxyl groups excluding tert-OH is 1.